The van der Waals surface area contributed by atoms with E-state index in [4.69, 9.17) is 5.73 Å². The predicted octanol–water partition coefficient (Wildman–Crippen LogP) is -0.800. The molecule has 1 aliphatic heterocycles. The van der Waals surface area contributed by atoms with Crippen LogP contribution in [0.3, 0.4) is 0 Å². The van der Waals surface area contributed by atoms with Gasteiger partial charge >= 0.3 is 0 Å². The minimum atomic E-state index is 0.0416. The molecule has 2 aliphatic rings. The second-order valence-corrected chi connectivity index (χ2v) is 4.28. The maximum absolute atomic E-state index is 11.5. The third-order valence-electron chi connectivity index (χ3n) is 2.79. The Kier molecular flexibility index (Phi) is 2.26. The minimum Gasteiger partial charge on any atom is -0.353 e. The van der Waals surface area contributed by atoms with Gasteiger partial charge in [-0.2, -0.15) is 0 Å². The summed E-state index contributed by atoms with van der Waals surface area (Å²) in [5, 5.41) is 6.14. The van der Waals surface area contributed by atoms with E-state index < -0.39 is 0 Å². The molecule has 1 unspecified atom stereocenters. The predicted molar refractivity (Wildman–Crippen MR) is 50.1 cm³/mol. The normalized spacial score (nSPS) is 38.2. The first-order valence-corrected chi connectivity index (χ1v) is 4.96. The number of carbonyl (C=O) groups excluding carboxylic acids is 1. The lowest BCUT2D eigenvalue weighted by molar-refractivity contribution is -0.123. The monoisotopic (exact) mass is 183 g/mol. The molecule has 0 spiro atoms. The van der Waals surface area contributed by atoms with Crippen molar-refractivity contribution in [2.24, 2.45) is 11.7 Å². The van der Waals surface area contributed by atoms with Crippen LogP contribution >= 0.6 is 0 Å². The smallest absolute Gasteiger partial charge is 0.237 e. The van der Waals surface area contributed by atoms with Gasteiger partial charge in [0.05, 0.1) is 6.04 Å². The van der Waals surface area contributed by atoms with Gasteiger partial charge in [0.1, 0.15) is 0 Å². The van der Waals surface area contributed by atoms with Crippen LogP contribution in [0.25, 0.3) is 0 Å². The first-order chi connectivity index (χ1) is 6.16. The van der Waals surface area contributed by atoms with Crippen LogP contribution in [0.4, 0.5) is 0 Å². The molecule has 4 heteroatoms. The van der Waals surface area contributed by atoms with Gasteiger partial charge in [-0.15, -0.1) is 0 Å². The molecular formula is C9H17N3O. The van der Waals surface area contributed by atoms with E-state index in [1.165, 1.54) is 6.42 Å². The molecule has 1 amide bonds. The molecule has 4 atom stereocenters. The van der Waals surface area contributed by atoms with Gasteiger partial charge in [0, 0.05) is 18.6 Å². The van der Waals surface area contributed by atoms with Crippen molar-refractivity contribution in [2.45, 2.75) is 37.9 Å². The van der Waals surface area contributed by atoms with Crippen molar-refractivity contribution in [3.63, 3.8) is 0 Å². The second-order valence-electron chi connectivity index (χ2n) is 4.28. The summed E-state index contributed by atoms with van der Waals surface area (Å²) in [5.74, 6) is 0.885. The van der Waals surface area contributed by atoms with Crippen LogP contribution in [-0.4, -0.2) is 30.6 Å². The van der Waals surface area contributed by atoms with E-state index in [-0.39, 0.29) is 18.0 Å². The molecule has 2 rings (SSSR count). The summed E-state index contributed by atoms with van der Waals surface area (Å²) in [7, 11) is 0. The number of rotatable bonds is 3. The Morgan fingerprint density at radius 3 is 3.00 bits per heavy atom. The molecule has 0 radical (unpaired) electrons. The van der Waals surface area contributed by atoms with Crippen molar-refractivity contribution in [1.82, 2.24) is 10.6 Å². The number of piperidine rings is 1. The van der Waals surface area contributed by atoms with E-state index in [0.29, 0.717) is 12.6 Å². The van der Waals surface area contributed by atoms with Crippen LogP contribution in [0.15, 0.2) is 0 Å². The largest absolute Gasteiger partial charge is 0.353 e. The Morgan fingerprint density at radius 2 is 2.46 bits per heavy atom. The van der Waals surface area contributed by atoms with E-state index >= 15 is 0 Å². The van der Waals surface area contributed by atoms with Crippen LogP contribution in [-0.2, 0) is 4.79 Å². The summed E-state index contributed by atoms with van der Waals surface area (Å²) in [6.07, 6.45) is 2.27. The highest BCUT2D eigenvalue weighted by molar-refractivity contribution is 5.82. The summed E-state index contributed by atoms with van der Waals surface area (Å²) in [4.78, 5) is 11.5. The van der Waals surface area contributed by atoms with Gasteiger partial charge in [0.25, 0.3) is 0 Å². The summed E-state index contributed by atoms with van der Waals surface area (Å²) >= 11 is 0. The number of hydrogen-bond donors (Lipinski definition) is 3. The molecule has 2 fully saturated rings. The van der Waals surface area contributed by atoms with E-state index in [0.717, 1.165) is 12.3 Å². The van der Waals surface area contributed by atoms with E-state index in [1.807, 2.05) is 6.92 Å². The van der Waals surface area contributed by atoms with E-state index in [1.54, 1.807) is 0 Å². The van der Waals surface area contributed by atoms with Crippen LogP contribution in [0.2, 0.25) is 0 Å². The van der Waals surface area contributed by atoms with Gasteiger partial charge in [-0.1, -0.05) is 0 Å². The third-order valence-corrected chi connectivity index (χ3v) is 2.79. The van der Waals surface area contributed by atoms with E-state index in [2.05, 4.69) is 10.6 Å². The highest BCUT2D eigenvalue weighted by Gasteiger charge is 2.47. The molecule has 4 N–H and O–H groups in total. The van der Waals surface area contributed by atoms with Crippen molar-refractivity contribution in [1.29, 1.82) is 0 Å². The lowest BCUT2D eigenvalue weighted by Crippen LogP contribution is -2.45. The first kappa shape index (κ1) is 8.97. The van der Waals surface area contributed by atoms with E-state index in [9.17, 15) is 4.79 Å². The first-order valence-electron chi connectivity index (χ1n) is 4.96. The van der Waals surface area contributed by atoms with Crippen molar-refractivity contribution < 1.29 is 4.79 Å². The van der Waals surface area contributed by atoms with Crippen molar-refractivity contribution in [3.05, 3.63) is 0 Å². The van der Waals surface area contributed by atoms with Crippen LogP contribution in [0.5, 0.6) is 0 Å². The van der Waals surface area contributed by atoms with Gasteiger partial charge < -0.3 is 16.4 Å². The Balaban J connectivity index is 1.71. The summed E-state index contributed by atoms with van der Waals surface area (Å²) in [6.45, 7) is 2.46. The molecule has 1 heterocycles. The average molecular weight is 183 g/mol. The second kappa shape index (κ2) is 3.27. The van der Waals surface area contributed by atoms with Crippen LogP contribution in [0, 0.1) is 5.92 Å². The highest BCUT2D eigenvalue weighted by Crippen LogP contribution is 2.40. The Bertz CT molecular complexity index is 207. The lowest BCUT2D eigenvalue weighted by atomic mass is 10.1. The minimum absolute atomic E-state index is 0.0416. The molecule has 1 saturated heterocycles. The van der Waals surface area contributed by atoms with Crippen molar-refractivity contribution >= 4 is 5.91 Å². The van der Waals surface area contributed by atoms with Gasteiger partial charge in [0.15, 0.2) is 0 Å². The Labute approximate surface area is 78.2 Å². The molecule has 1 aliphatic carbocycles. The van der Waals surface area contributed by atoms with Gasteiger partial charge in [-0.3, -0.25) is 4.79 Å². The van der Waals surface area contributed by atoms with Crippen LogP contribution < -0.4 is 16.4 Å². The summed E-state index contributed by atoms with van der Waals surface area (Å²) < 4.78 is 0. The summed E-state index contributed by atoms with van der Waals surface area (Å²) in [5.41, 5.74) is 5.54. The fraction of sp³-hybridized carbons (Fsp3) is 0.889. The molecule has 74 valence electrons. The highest BCUT2D eigenvalue weighted by atomic mass is 16.2. The average Bonchev–Trinajstić information content (AvgIpc) is 2.69. The lowest BCUT2D eigenvalue weighted by Gasteiger charge is -2.14. The quantitative estimate of drug-likeness (QED) is 0.536. The topological polar surface area (TPSA) is 67.1 Å². The summed E-state index contributed by atoms with van der Waals surface area (Å²) in [6, 6.07) is 0.716. The zero-order valence-corrected chi connectivity index (χ0v) is 7.92. The Hall–Kier alpha value is -0.610. The van der Waals surface area contributed by atoms with Gasteiger partial charge in [-0.25, -0.2) is 0 Å². The zero-order valence-electron chi connectivity index (χ0n) is 7.92. The molecule has 13 heavy (non-hydrogen) atoms. The van der Waals surface area contributed by atoms with Crippen molar-refractivity contribution in [3.8, 4) is 0 Å². The SMILES string of the molecule is CC(N)CNC(=O)[C@@H]1C[C@H]2C[C@H]2N1. The third kappa shape index (κ3) is 2.00. The number of amides is 1. The molecular weight excluding hydrogens is 166 g/mol. The fourth-order valence-corrected chi connectivity index (χ4v) is 1.91. The Morgan fingerprint density at radius 1 is 1.69 bits per heavy atom. The number of nitrogens with one attached hydrogen (secondary N) is 2. The number of hydrogen-bond acceptors (Lipinski definition) is 3. The molecule has 0 aromatic rings. The number of fused-ring (bicyclic) bond motifs is 1. The van der Waals surface area contributed by atoms with Gasteiger partial charge in [-0.05, 0) is 25.7 Å². The maximum Gasteiger partial charge on any atom is 0.237 e. The molecule has 0 aromatic heterocycles. The van der Waals surface area contributed by atoms with Gasteiger partial charge in [0.2, 0.25) is 5.91 Å². The number of carbonyl (C=O) groups is 1. The molecule has 4 nitrogen and oxygen atoms in total. The number of nitrogens with two attached hydrogens (primary N) is 1. The molecule has 0 aromatic carbocycles. The van der Waals surface area contributed by atoms with Crippen molar-refractivity contribution in [2.75, 3.05) is 6.54 Å². The molecule has 0 bridgehead atoms. The van der Waals surface area contributed by atoms with Crippen LogP contribution in [0.1, 0.15) is 19.8 Å². The standard InChI is InChI=1S/C9H17N3O/c1-5(10)4-11-9(13)8-3-6-2-7(6)12-8/h5-8,12H,2-4,10H2,1H3,(H,11,13)/t5?,6-,7-,8+/m1/s1. The fourth-order valence-electron chi connectivity index (χ4n) is 1.91. The zero-order chi connectivity index (χ0) is 9.42. The maximum atomic E-state index is 11.5. The molecule has 1 saturated carbocycles.